The summed E-state index contributed by atoms with van der Waals surface area (Å²) < 4.78 is 11.1. The summed E-state index contributed by atoms with van der Waals surface area (Å²) in [5.41, 5.74) is 1.41. The lowest BCUT2D eigenvalue weighted by molar-refractivity contribution is 0.174. The van der Waals surface area contributed by atoms with Crippen molar-refractivity contribution in [3.8, 4) is 11.5 Å². The SMILES string of the molecule is COc1ccccc1OCCNCC1CCN(Cc2ccccc2)CC1. The van der Waals surface area contributed by atoms with Crippen LogP contribution in [-0.4, -0.2) is 44.8 Å². The standard InChI is InChI=1S/C22H30N2O2/c1-25-21-9-5-6-10-22(21)26-16-13-23-17-19-11-14-24(15-12-19)18-20-7-3-2-4-8-20/h2-10,19,23H,11-18H2,1H3. The Morgan fingerprint density at radius 2 is 1.65 bits per heavy atom. The molecule has 140 valence electrons. The van der Waals surface area contributed by atoms with Gasteiger partial charge in [0.1, 0.15) is 6.61 Å². The molecule has 1 fully saturated rings. The highest BCUT2D eigenvalue weighted by Gasteiger charge is 2.18. The molecule has 1 aliphatic heterocycles. The Kier molecular flexibility index (Phi) is 7.35. The molecular formula is C22H30N2O2. The molecule has 0 atom stereocenters. The fraction of sp³-hybridized carbons (Fsp3) is 0.455. The van der Waals surface area contributed by atoms with Crippen molar-refractivity contribution in [3.63, 3.8) is 0 Å². The molecule has 3 rings (SSSR count). The molecule has 1 N–H and O–H groups in total. The first-order chi connectivity index (χ1) is 12.8. The summed E-state index contributed by atoms with van der Waals surface area (Å²) in [5, 5.41) is 3.54. The summed E-state index contributed by atoms with van der Waals surface area (Å²) in [6.07, 6.45) is 2.54. The smallest absolute Gasteiger partial charge is 0.161 e. The van der Waals surface area contributed by atoms with Crippen LogP contribution >= 0.6 is 0 Å². The van der Waals surface area contributed by atoms with Crippen molar-refractivity contribution in [2.75, 3.05) is 39.9 Å². The number of para-hydroxylation sites is 2. The van der Waals surface area contributed by atoms with E-state index in [1.807, 2.05) is 24.3 Å². The lowest BCUT2D eigenvalue weighted by Gasteiger charge is -2.32. The number of nitrogens with zero attached hydrogens (tertiary/aromatic N) is 1. The third kappa shape index (κ3) is 5.75. The summed E-state index contributed by atoms with van der Waals surface area (Å²) in [6, 6.07) is 18.6. The molecule has 0 radical (unpaired) electrons. The number of ether oxygens (including phenoxy) is 2. The zero-order chi connectivity index (χ0) is 18.0. The highest BCUT2D eigenvalue weighted by atomic mass is 16.5. The van der Waals surface area contributed by atoms with Gasteiger partial charge in [0.25, 0.3) is 0 Å². The van der Waals surface area contributed by atoms with Crippen LogP contribution in [0.4, 0.5) is 0 Å². The van der Waals surface area contributed by atoms with Crippen LogP contribution in [0.15, 0.2) is 54.6 Å². The maximum absolute atomic E-state index is 5.81. The molecule has 0 bridgehead atoms. The Labute approximate surface area is 157 Å². The summed E-state index contributed by atoms with van der Waals surface area (Å²) in [5.74, 6) is 2.37. The van der Waals surface area contributed by atoms with Gasteiger partial charge in [-0.1, -0.05) is 42.5 Å². The van der Waals surface area contributed by atoms with Crippen molar-refractivity contribution >= 4 is 0 Å². The number of nitrogens with one attached hydrogen (secondary N) is 1. The fourth-order valence-electron chi connectivity index (χ4n) is 3.47. The molecule has 0 aromatic heterocycles. The second-order valence-electron chi connectivity index (χ2n) is 6.91. The molecular weight excluding hydrogens is 324 g/mol. The minimum atomic E-state index is 0.660. The molecule has 4 nitrogen and oxygen atoms in total. The van der Waals surface area contributed by atoms with Gasteiger partial charge in [-0.3, -0.25) is 4.90 Å². The minimum Gasteiger partial charge on any atom is -0.493 e. The van der Waals surface area contributed by atoms with Crippen LogP contribution in [0.1, 0.15) is 18.4 Å². The normalized spacial score (nSPS) is 15.7. The third-order valence-electron chi connectivity index (χ3n) is 4.99. The first-order valence-corrected chi connectivity index (χ1v) is 9.58. The number of hydrogen-bond acceptors (Lipinski definition) is 4. The van der Waals surface area contributed by atoms with Crippen molar-refractivity contribution in [1.29, 1.82) is 0 Å². The van der Waals surface area contributed by atoms with Crippen molar-refractivity contribution in [2.24, 2.45) is 5.92 Å². The molecule has 0 spiro atoms. The van der Waals surface area contributed by atoms with Crippen LogP contribution in [-0.2, 0) is 6.54 Å². The summed E-state index contributed by atoms with van der Waals surface area (Å²) in [4.78, 5) is 2.57. The third-order valence-corrected chi connectivity index (χ3v) is 4.99. The van der Waals surface area contributed by atoms with E-state index in [-0.39, 0.29) is 0 Å². The van der Waals surface area contributed by atoms with Crippen molar-refractivity contribution in [2.45, 2.75) is 19.4 Å². The van der Waals surface area contributed by atoms with Crippen LogP contribution < -0.4 is 14.8 Å². The maximum Gasteiger partial charge on any atom is 0.161 e. The second-order valence-corrected chi connectivity index (χ2v) is 6.91. The molecule has 1 aliphatic rings. The van der Waals surface area contributed by atoms with Crippen molar-refractivity contribution < 1.29 is 9.47 Å². The van der Waals surface area contributed by atoms with Gasteiger partial charge in [0.2, 0.25) is 0 Å². The largest absolute Gasteiger partial charge is 0.493 e. The second kappa shape index (κ2) is 10.2. The zero-order valence-electron chi connectivity index (χ0n) is 15.7. The van der Waals surface area contributed by atoms with Gasteiger partial charge in [-0.2, -0.15) is 0 Å². The topological polar surface area (TPSA) is 33.7 Å². The summed E-state index contributed by atoms with van der Waals surface area (Å²) in [6.45, 7) is 6.07. The number of rotatable bonds is 9. The maximum atomic E-state index is 5.81. The van der Waals surface area contributed by atoms with Gasteiger partial charge in [0, 0.05) is 13.1 Å². The van der Waals surface area contributed by atoms with E-state index in [2.05, 4.69) is 40.5 Å². The highest BCUT2D eigenvalue weighted by molar-refractivity contribution is 5.39. The quantitative estimate of drug-likeness (QED) is 0.698. The van der Waals surface area contributed by atoms with E-state index in [1.54, 1.807) is 7.11 Å². The molecule has 0 unspecified atom stereocenters. The van der Waals surface area contributed by atoms with E-state index in [1.165, 1.54) is 31.5 Å². The number of hydrogen-bond donors (Lipinski definition) is 1. The van der Waals surface area contributed by atoms with E-state index in [9.17, 15) is 0 Å². The Balaban J connectivity index is 1.28. The Bertz CT molecular complexity index is 640. The molecule has 0 saturated carbocycles. The van der Waals surface area contributed by atoms with Crippen LogP contribution in [0.3, 0.4) is 0 Å². The molecule has 26 heavy (non-hydrogen) atoms. The first kappa shape index (κ1) is 18.7. The fourth-order valence-corrected chi connectivity index (χ4v) is 3.47. The van der Waals surface area contributed by atoms with E-state index < -0.39 is 0 Å². The van der Waals surface area contributed by atoms with Crippen LogP contribution in [0.25, 0.3) is 0 Å². The Morgan fingerprint density at radius 1 is 0.962 bits per heavy atom. The van der Waals surface area contributed by atoms with Gasteiger partial charge < -0.3 is 14.8 Å². The molecule has 2 aromatic carbocycles. The highest BCUT2D eigenvalue weighted by Crippen LogP contribution is 2.25. The van der Waals surface area contributed by atoms with Crippen LogP contribution in [0.5, 0.6) is 11.5 Å². The van der Waals surface area contributed by atoms with Gasteiger partial charge in [0.05, 0.1) is 7.11 Å². The number of likely N-dealkylation sites (tertiary alicyclic amines) is 1. The van der Waals surface area contributed by atoms with Crippen LogP contribution in [0, 0.1) is 5.92 Å². The first-order valence-electron chi connectivity index (χ1n) is 9.58. The van der Waals surface area contributed by atoms with Crippen molar-refractivity contribution in [1.82, 2.24) is 10.2 Å². The monoisotopic (exact) mass is 354 g/mol. The zero-order valence-corrected chi connectivity index (χ0v) is 15.7. The van der Waals surface area contributed by atoms with Gasteiger partial charge in [-0.25, -0.2) is 0 Å². The van der Waals surface area contributed by atoms with E-state index in [4.69, 9.17) is 9.47 Å². The molecule has 1 heterocycles. The Morgan fingerprint density at radius 3 is 2.38 bits per heavy atom. The Hall–Kier alpha value is -2.04. The molecule has 4 heteroatoms. The van der Waals surface area contributed by atoms with Crippen molar-refractivity contribution in [3.05, 3.63) is 60.2 Å². The van der Waals surface area contributed by atoms with Gasteiger partial charge in [0.15, 0.2) is 11.5 Å². The average molecular weight is 354 g/mol. The molecule has 0 aliphatic carbocycles. The predicted molar refractivity (Wildman–Crippen MR) is 106 cm³/mol. The molecule has 1 saturated heterocycles. The lowest BCUT2D eigenvalue weighted by Crippen LogP contribution is -2.37. The van der Waals surface area contributed by atoms with Gasteiger partial charge in [-0.15, -0.1) is 0 Å². The average Bonchev–Trinajstić information content (AvgIpc) is 2.70. The number of methoxy groups -OCH3 is 1. The van der Waals surface area contributed by atoms with Gasteiger partial charge in [-0.05, 0) is 56.1 Å². The summed E-state index contributed by atoms with van der Waals surface area (Å²) in [7, 11) is 1.67. The van der Waals surface area contributed by atoms with E-state index in [0.29, 0.717) is 6.61 Å². The number of benzene rings is 2. The van der Waals surface area contributed by atoms with E-state index >= 15 is 0 Å². The van der Waals surface area contributed by atoms with Gasteiger partial charge >= 0.3 is 0 Å². The molecule has 2 aromatic rings. The molecule has 0 amide bonds. The lowest BCUT2D eigenvalue weighted by atomic mass is 9.96. The predicted octanol–water partition coefficient (Wildman–Crippen LogP) is 3.58. The number of piperidine rings is 1. The van der Waals surface area contributed by atoms with E-state index in [0.717, 1.165) is 37.1 Å². The summed E-state index contributed by atoms with van der Waals surface area (Å²) >= 11 is 0. The minimum absolute atomic E-state index is 0.660. The van der Waals surface area contributed by atoms with Crippen LogP contribution in [0.2, 0.25) is 0 Å².